The van der Waals surface area contributed by atoms with Gasteiger partial charge in [-0.3, -0.25) is 9.63 Å². The molecular formula is C25H46N2Na2O6. The minimum atomic E-state index is -1.57. The van der Waals surface area contributed by atoms with Gasteiger partial charge in [0.05, 0.1) is 19.2 Å². The van der Waals surface area contributed by atoms with E-state index in [0.29, 0.717) is 6.42 Å². The SMILES string of the molecule is CCCCCCCC/C=C\CCCCCCCC(=O)N(OCC)C(C)CN(C(=O)O)C(=O)O.[Na].[Na]. The van der Waals surface area contributed by atoms with Crippen molar-refractivity contribution in [2.24, 2.45) is 0 Å². The molecule has 10 heteroatoms. The largest absolute Gasteiger partial charge is 0.465 e. The predicted molar refractivity (Wildman–Crippen MR) is 142 cm³/mol. The monoisotopic (exact) mass is 516 g/mol. The molecule has 0 saturated carbocycles. The Morgan fingerprint density at radius 1 is 0.771 bits per heavy atom. The van der Waals surface area contributed by atoms with Crippen LogP contribution in [0.15, 0.2) is 12.2 Å². The molecule has 0 aromatic heterocycles. The van der Waals surface area contributed by atoms with Crippen LogP contribution >= 0.6 is 0 Å². The first kappa shape index (κ1) is 39.4. The Morgan fingerprint density at radius 2 is 1.23 bits per heavy atom. The molecule has 0 bridgehead atoms. The zero-order valence-electron chi connectivity index (χ0n) is 23.0. The normalized spacial score (nSPS) is 11.4. The van der Waals surface area contributed by atoms with Gasteiger partial charge in [-0.1, -0.05) is 70.4 Å². The Bertz CT molecular complexity index is 564. The van der Waals surface area contributed by atoms with Gasteiger partial charge < -0.3 is 10.2 Å². The van der Waals surface area contributed by atoms with Crippen molar-refractivity contribution in [1.82, 2.24) is 9.96 Å². The van der Waals surface area contributed by atoms with Crippen LogP contribution in [0.1, 0.15) is 111 Å². The van der Waals surface area contributed by atoms with Gasteiger partial charge >= 0.3 is 12.2 Å². The molecule has 0 heterocycles. The fourth-order valence-electron chi connectivity index (χ4n) is 3.62. The molecule has 1 unspecified atom stereocenters. The second-order valence-corrected chi connectivity index (χ2v) is 8.50. The summed E-state index contributed by atoms with van der Waals surface area (Å²) in [4.78, 5) is 40.2. The van der Waals surface area contributed by atoms with Crippen molar-refractivity contribution in [3.8, 4) is 0 Å². The number of amides is 3. The van der Waals surface area contributed by atoms with Crippen molar-refractivity contribution >= 4 is 77.2 Å². The van der Waals surface area contributed by atoms with Crippen LogP contribution in [0.3, 0.4) is 0 Å². The smallest absolute Gasteiger partial charge is 0.416 e. The van der Waals surface area contributed by atoms with Crippen LogP contribution in [0, 0.1) is 0 Å². The van der Waals surface area contributed by atoms with E-state index in [2.05, 4.69) is 19.1 Å². The first-order chi connectivity index (χ1) is 15.8. The molecule has 0 aliphatic rings. The standard InChI is InChI=1S/C25H46N2O6.2Na/c1-4-6-7-8-9-10-11-12-13-14-15-16-17-18-19-20-23(28)27(33-5-2)22(3)21-26(24(29)30)25(31)32;;/h12-13,22H,4-11,14-21H2,1-3H3,(H,29,30)(H,31,32);;/b13-12-;;. The zero-order valence-corrected chi connectivity index (χ0v) is 27.0. The first-order valence-corrected chi connectivity index (χ1v) is 12.7. The summed E-state index contributed by atoms with van der Waals surface area (Å²) < 4.78 is 0. The van der Waals surface area contributed by atoms with Crippen LogP contribution < -0.4 is 0 Å². The Balaban J connectivity index is -0.00000512. The molecule has 0 saturated heterocycles. The molecular weight excluding hydrogens is 470 g/mol. The minimum absolute atomic E-state index is 0. The van der Waals surface area contributed by atoms with Crippen molar-refractivity contribution in [2.75, 3.05) is 13.2 Å². The van der Waals surface area contributed by atoms with Crippen molar-refractivity contribution < 1.29 is 29.4 Å². The molecule has 2 radical (unpaired) electrons. The van der Waals surface area contributed by atoms with Crippen molar-refractivity contribution in [1.29, 1.82) is 0 Å². The van der Waals surface area contributed by atoms with Gasteiger partial charge in [-0.2, -0.15) is 0 Å². The predicted octanol–water partition coefficient (Wildman–Crippen LogP) is 6.09. The van der Waals surface area contributed by atoms with Gasteiger partial charge in [-0.05, 0) is 46.0 Å². The summed E-state index contributed by atoms with van der Waals surface area (Å²) in [6, 6.07) is -0.701. The second kappa shape index (κ2) is 27.0. The summed E-state index contributed by atoms with van der Waals surface area (Å²) in [6.45, 7) is 5.42. The van der Waals surface area contributed by atoms with Crippen LogP contribution in [-0.2, 0) is 9.63 Å². The van der Waals surface area contributed by atoms with Crippen LogP contribution in [0.5, 0.6) is 0 Å². The number of hydroxylamine groups is 2. The number of unbranched alkanes of at least 4 members (excludes halogenated alkanes) is 11. The van der Waals surface area contributed by atoms with Gasteiger partial charge in [0.15, 0.2) is 0 Å². The Morgan fingerprint density at radius 3 is 1.69 bits per heavy atom. The summed E-state index contributed by atoms with van der Waals surface area (Å²) >= 11 is 0. The number of hydrogen-bond donors (Lipinski definition) is 2. The van der Waals surface area contributed by atoms with E-state index in [1.54, 1.807) is 13.8 Å². The Hall–Kier alpha value is -0.0900. The molecule has 0 fully saturated rings. The molecule has 194 valence electrons. The molecule has 8 nitrogen and oxygen atoms in total. The summed E-state index contributed by atoms with van der Waals surface area (Å²) in [5, 5.41) is 19.1. The van der Waals surface area contributed by atoms with E-state index < -0.39 is 18.2 Å². The number of allylic oxidation sites excluding steroid dienone is 2. The third-order valence-electron chi connectivity index (χ3n) is 5.48. The molecule has 0 aliphatic carbocycles. The van der Waals surface area contributed by atoms with Crippen molar-refractivity contribution in [3.63, 3.8) is 0 Å². The maximum atomic E-state index is 12.5. The third kappa shape index (κ3) is 21.7. The zero-order chi connectivity index (χ0) is 24.9. The summed E-state index contributed by atoms with van der Waals surface area (Å²) in [5.41, 5.74) is 0. The average molecular weight is 517 g/mol. The second-order valence-electron chi connectivity index (χ2n) is 8.50. The maximum absolute atomic E-state index is 12.5. The van der Waals surface area contributed by atoms with Gasteiger partial charge in [-0.15, -0.1) is 0 Å². The van der Waals surface area contributed by atoms with Gasteiger partial charge in [0, 0.05) is 65.5 Å². The quantitative estimate of drug-likeness (QED) is 0.0878. The molecule has 3 amide bonds. The first-order valence-electron chi connectivity index (χ1n) is 12.7. The number of carboxylic acid groups (broad SMARTS) is 2. The van der Waals surface area contributed by atoms with E-state index in [-0.39, 0.29) is 83.1 Å². The minimum Gasteiger partial charge on any atom is -0.465 e. The molecule has 0 aromatic rings. The summed E-state index contributed by atoms with van der Waals surface area (Å²) in [5.74, 6) is -0.252. The molecule has 0 aromatic carbocycles. The molecule has 0 aliphatic heterocycles. The third-order valence-corrected chi connectivity index (χ3v) is 5.48. The number of imide groups is 1. The van der Waals surface area contributed by atoms with Crippen LogP contribution in [0.2, 0.25) is 0 Å². The average Bonchev–Trinajstić information content (AvgIpc) is 2.77. The Kier molecular flexibility index (Phi) is 30.4. The van der Waals surface area contributed by atoms with Gasteiger partial charge in [-0.25, -0.2) is 19.6 Å². The summed E-state index contributed by atoms with van der Waals surface area (Å²) in [7, 11) is 0. The molecule has 1 atom stereocenters. The van der Waals surface area contributed by atoms with E-state index in [4.69, 9.17) is 15.1 Å². The summed E-state index contributed by atoms with van der Waals surface area (Å²) in [6.07, 6.45) is 17.0. The number of hydrogen-bond acceptors (Lipinski definition) is 4. The fraction of sp³-hybridized carbons (Fsp3) is 0.800. The van der Waals surface area contributed by atoms with Gasteiger partial charge in [0.1, 0.15) is 0 Å². The molecule has 2 N–H and O–H groups in total. The van der Waals surface area contributed by atoms with Crippen LogP contribution in [0.4, 0.5) is 9.59 Å². The van der Waals surface area contributed by atoms with Crippen molar-refractivity contribution in [3.05, 3.63) is 12.2 Å². The number of rotatable bonds is 20. The number of nitrogens with zero attached hydrogens (tertiary/aromatic N) is 2. The van der Waals surface area contributed by atoms with E-state index in [0.717, 1.165) is 43.6 Å². The van der Waals surface area contributed by atoms with Crippen LogP contribution in [-0.4, -0.2) is 117 Å². The molecule has 0 rings (SSSR count). The molecule has 0 spiro atoms. The van der Waals surface area contributed by atoms with Gasteiger partial charge in [0.2, 0.25) is 5.91 Å². The topological polar surface area (TPSA) is 107 Å². The van der Waals surface area contributed by atoms with E-state index >= 15 is 0 Å². The van der Waals surface area contributed by atoms with Crippen LogP contribution in [0.25, 0.3) is 0 Å². The molecule has 35 heavy (non-hydrogen) atoms. The van der Waals surface area contributed by atoms with Gasteiger partial charge in [0.25, 0.3) is 0 Å². The Labute approximate surface area is 256 Å². The van der Waals surface area contributed by atoms with E-state index in [9.17, 15) is 14.4 Å². The maximum Gasteiger partial charge on any atom is 0.416 e. The number of carbonyl (C=O) groups excluding carboxylic acids is 1. The van der Waals surface area contributed by atoms with E-state index in [1.165, 1.54) is 44.9 Å². The number of carbonyl (C=O) groups is 3. The van der Waals surface area contributed by atoms with E-state index in [1.807, 2.05) is 0 Å². The fourth-order valence-corrected chi connectivity index (χ4v) is 3.62. The van der Waals surface area contributed by atoms with Crippen molar-refractivity contribution in [2.45, 2.75) is 117 Å².